The van der Waals surface area contributed by atoms with Crippen molar-refractivity contribution in [3.63, 3.8) is 0 Å². The van der Waals surface area contributed by atoms with Crippen LogP contribution in [0, 0.1) is 0 Å². The molecule has 0 unspecified atom stereocenters. The molecule has 68 valence electrons. The minimum atomic E-state index is 0.601. The van der Waals surface area contributed by atoms with E-state index < -0.39 is 0 Å². The first kappa shape index (κ1) is 10.9. The number of nitrogens with zero attached hydrogens (tertiary/aromatic N) is 1. The molecule has 0 spiro atoms. The van der Waals surface area contributed by atoms with E-state index in [0.29, 0.717) is 12.8 Å². The van der Waals surface area contributed by atoms with Crippen LogP contribution in [0.15, 0.2) is 0 Å². The summed E-state index contributed by atoms with van der Waals surface area (Å²) >= 11 is 0. The Hall–Kier alpha value is -0.120. The second-order valence-corrected chi connectivity index (χ2v) is 2.84. The molecule has 0 amide bonds. The molecule has 3 heteroatoms. The largest absolute Gasteiger partial charge is 0.370 e. The normalized spacial score (nSPS) is 11.5. The maximum Gasteiger partial charge on any atom is 0.0971 e. The summed E-state index contributed by atoms with van der Waals surface area (Å²) in [7, 11) is 1.69. The highest BCUT2D eigenvalue weighted by atomic mass is 16.5. The first-order valence-corrected chi connectivity index (χ1v) is 4.16. The molecule has 0 saturated carbocycles. The lowest BCUT2D eigenvalue weighted by molar-refractivity contribution is 0.136. The van der Waals surface area contributed by atoms with Gasteiger partial charge in [-0.15, -0.1) is 0 Å². The summed E-state index contributed by atoms with van der Waals surface area (Å²) in [6.45, 7) is 9.16. The molecule has 0 aromatic heterocycles. The predicted octanol–water partition coefficient (Wildman–Crippen LogP) is 0.868. The van der Waals surface area contributed by atoms with Gasteiger partial charge in [0.25, 0.3) is 0 Å². The fraction of sp³-hybridized carbons (Fsp3) is 1.00. The summed E-state index contributed by atoms with van der Waals surface area (Å²) in [6, 6.07) is 0.601. The smallest absolute Gasteiger partial charge is 0.0971 e. The Morgan fingerprint density at radius 1 is 1.45 bits per heavy atom. The van der Waals surface area contributed by atoms with Crippen molar-refractivity contribution in [1.29, 1.82) is 0 Å². The maximum atomic E-state index is 4.88. The Morgan fingerprint density at radius 2 is 2.09 bits per heavy atom. The van der Waals surface area contributed by atoms with Crippen molar-refractivity contribution in [2.24, 2.45) is 0 Å². The first-order chi connectivity index (χ1) is 5.22. The van der Waals surface area contributed by atoms with E-state index >= 15 is 0 Å². The highest BCUT2D eigenvalue weighted by Crippen LogP contribution is 1.93. The van der Waals surface area contributed by atoms with Crippen molar-refractivity contribution in [2.75, 3.05) is 27.1 Å². The van der Waals surface area contributed by atoms with E-state index in [1.54, 1.807) is 7.11 Å². The predicted molar refractivity (Wildman–Crippen MR) is 47.4 cm³/mol. The van der Waals surface area contributed by atoms with Gasteiger partial charge in [-0.05, 0) is 20.4 Å². The molecule has 0 rings (SSSR count). The molecule has 1 N–H and O–H groups in total. The van der Waals surface area contributed by atoms with Crippen molar-refractivity contribution in [3.8, 4) is 0 Å². The summed E-state index contributed by atoms with van der Waals surface area (Å²) in [5.41, 5.74) is 0. The molecule has 11 heavy (non-hydrogen) atoms. The van der Waals surface area contributed by atoms with Crippen LogP contribution in [-0.4, -0.2) is 38.0 Å². The van der Waals surface area contributed by atoms with Crippen molar-refractivity contribution >= 4 is 0 Å². The van der Waals surface area contributed by atoms with Gasteiger partial charge in [-0.2, -0.15) is 0 Å². The van der Waals surface area contributed by atoms with Gasteiger partial charge >= 0.3 is 0 Å². The fourth-order valence-corrected chi connectivity index (χ4v) is 0.951. The molecule has 0 aromatic rings. The van der Waals surface area contributed by atoms with E-state index in [0.717, 1.165) is 13.2 Å². The van der Waals surface area contributed by atoms with Crippen LogP contribution in [0.4, 0.5) is 0 Å². The molecule has 0 fully saturated rings. The number of rotatable bonds is 6. The summed E-state index contributed by atoms with van der Waals surface area (Å²) < 4.78 is 4.88. The van der Waals surface area contributed by atoms with E-state index in [-0.39, 0.29) is 0 Å². The SMILES string of the molecule is CCN(CNCOC)C(C)C. The molecule has 0 bridgehead atoms. The molecule has 0 aromatic carbocycles. The van der Waals surface area contributed by atoms with Gasteiger partial charge in [-0.25, -0.2) is 0 Å². The van der Waals surface area contributed by atoms with Crippen molar-refractivity contribution < 1.29 is 4.74 Å². The van der Waals surface area contributed by atoms with Gasteiger partial charge in [0.05, 0.1) is 13.4 Å². The Bertz CT molecular complexity index is 86.2. The third-order valence-corrected chi connectivity index (χ3v) is 1.70. The number of hydrogen-bond donors (Lipinski definition) is 1. The van der Waals surface area contributed by atoms with E-state index in [4.69, 9.17) is 4.74 Å². The monoisotopic (exact) mass is 160 g/mol. The van der Waals surface area contributed by atoms with Gasteiger partial charge in [0.2, 0.25) is 0 Å². The lowest BCUT2D eigenvalue weighted by Gasteiger charge is -2.24. The summed E-state index contributed by atoms with van der Waals surface area (Å²) in [6.07, 6.45) is 0. The van der Waals surface area contributed by atoms with E-state index in [1.165, 1.54) is 0 Å². The average Bonchev–Trinajstić information content (AvgIpc) is 1.97. The van der Waals surface area contributed by atoms with Gasteiger partial charge < -0.3 is 4.74 Å². The quantitative estimate of drug-likeness (QED) is 0.461. The van der Waals surface area contributed by atoms with Crippen LogP contribution in [0.2, 0.25) is 0 Å². The van der Waals surface area contributed by atoms with Crippen LogP contribution in [0.1, 0.15) is 20.8 Å². The molecule has 0 atom stereocenters. The highest BCUT2D eigenvalue weighted by Gasteiger charge is 2.04. The number of methoxy groups -OCH3 is 1. The molecule has 0 aliphatic rings. The zero-order chi connectivity index (χ0) is 8.69. The van der Waals surface area contributed by atoms with Crippen molar-refractivity contribution in [1.82, 2.24) is 10.2 Å². The molecule has 0 aliphatic carbocycles. The zero-order valence-electron chi connectivity index (χ0n) is 8.05. The van der Waals surface area contributed by atoms with Crippen LogP contribution < -0.4 is 5.32 Å². The number of hydrogen-bond acceptors (Lipinski definition) is 3. The Labute approximate surface area is 69.7 Å². The number of ether oxygens (including phenoxy) is 1. The Kier molecular flexibility index (Phi) is 6.51. The third-order valence-electron chi connectivity index (χ3n) is 1.70. The molecular formula is C8H20N2O. The molecule has 0 radical (unpaired) electrons. The van der Waals surface area contributed by atoms with Gasteiger partial charge in [-0.3, -0.25) is 10.2 Å². The first-order valence-electron chi connectivity index (χ1n) is 4.16. The minimum Gasteiger partial charge on any atom is -0.370 e. The van der Waals surface area contributed by atoms with Crippen LogP contribution >= 0.6 is 0 Å². The molecule has 0 saturated heterocycles. The Balaban J connectivity index is 3.36. The average molecular weight is 160 g/mol. The van der Waals surface area contributed by atoms with Gasteiger partial charge in [0.1, 0.15) is 0 Å². The lowest BCUT2D eigenvalue weighted by atomic mass is 10.3. The van der Waals surface area contributed by atoms with E-state index in [2.05, 4.69) is 31.0 Å². The van der Waals surface area contributed by atoms with Gasteiger partial charge in [-0.1, -0.05) is 6.92 Å². The van der Waals surface area contributed by atoms with Crippen LogP contribution in [0.5, 0.6) is 0 Å². The fourth-order valence-electron chi connectivity index (χ4n) is 0.951. The van der Waals surface area contributed by atoms with Crippen molar-refractivity contribution in [2.45, 2.75) is 26.8 Å². The molecule has 3 nitrogen and oxygen atoms in total. The second-order valence-electron chi connectivity index (χ2n) is 2.84. The van der Waals surface area contributed by atoms with E-state index in [1.807, 2.05) is 0 Å². The number of nitrogens with one attached hydrogen (secondary N) is 1. The maximum absolute atomic E-state index is 4.88. The summed E-state index contributed by atoms with van der Waals surface area (Å²) in [4.78, 5) is 2.33. The topological polar surface area (TPSA) is 24.5 Å². The highest BCUT2D eigenvalue weighted by molar-refractivity contribution is 4.57. The summed E-state index contributed by atoms with van der Waals surface area (Å²) in [5, 5.41) is 3.17. The van der Waals surface area contributed by atoms with Crippen molar-refractivity contribution in [3.05, 3.63) is 0 Å². The van der Waals surface area contributed by atoms with Crippen LogP contribution in [-0.2, 0) is 4.74 Å². The zero-order valence-corrected chi connectivity index (χ0v) is 8.05. The molecular weight excluding hydrogens is 140 g/mol. The lowest BCUT2D eigenvalue weighted by Crippen LogP contribution is -2.39. The van der Waals surface area contributed by atoms with Crippen LogP contribution in [0.3, 0.4) is 0 Å². The summed E-state index contributed by atoms with van der Waals surface area (Å²) in [5.74, 6) is 0. The minimum absolute atomic E-state index is 0.601. The van der Waals surface area contributed by atoms with E-state index in [9.17, 15) is 0 Å². The van der Waals surface area contributed by atoms with Crippen LogP contribution in [0.25, 0.3) is 0 Å². The van der Waals surface area contributed by atoms with Gasteiger partial charge in [0.15, 0.2) is 0 Å². The molecule has 0 heterocycles. The molecule has 0 aliphatic heterocycles. The second kappa shape index (κ2) is 6.58. The van der Waals surface area contributed by atoms with Gasteiger partial charge in [0, 0.05) is 13.2 Å². The Morgan fingerprint density at radius 3 is 2.45 bits per heavy atom. The standard InChI is InChI=1S/C8H20N2O/c1-5-10(8(2)3)6-9-7-11-4/h8-9H,5-7H2,1-4H3. The third kappa shape index (κ3) is 5.18.